The molecule has 0 aromatic heterocycles. The van der Waals surface area contributed by atoms with Gasteiger partial charge in [-0.15, -0.1) is 0 Å². The molecular formula is C50H79NO7. The lowest BCUT2D eigenvalue weighted by Gasteiger charge is -2.34. The van der Waals surface area contributed by atoms with Gasteiger partial charge in [0, 0.05) is 19.3 Å². The Hall–Kier alpha value is -4.01. The molecule has 0 radical (unpaired) electrons. The summed E-state index contributed by atoms with van der Waals surface area (Å²) in [6.07, 6.45) is 54.1. The summed E-state index contributed by atoms with van der Waals surface area (Å²) in [5.74, 6) is -1.90. The minimum atomic E-state index is -1.15. The third kappa shape index (κ3) is 37.6. The Morgan fingerprint density at radius 2 is 0.948 bits per heavy atom. The number of quaternary nitrogens is 1. The van der Waals surface area contributed by atoms with Gasteiger partial charge in [0.2, 0.25) is 0 Å². The first-order valence-electron chi connectivity index (χ1n) is 21.9. The molecule has 8 heteroatoms. The predicted molar refractivity (Wildman–Crippen MR) is 240 cm³/mol. The number of ether oxygens (including phenoxy) is 3. The van der Waals surface area contributed by atoms with Crippen LogP contribution >= 0.6 is 0 Å². The molecule has 8 nitrogen and oxygen atoms in total. The maximum absolute atomic E-state index is 12.7. The Bertz CT molecular complexity index is 1310. The highest BCUT2D eigenvalue weighted by Crippen LogP contribution is 2.10. The number of rotatable bonds is 37. The van der Waals surface area contributed by atoms with Crippen molar-refractivity contribution in [1.29, 1.82) is 0 Å². The van der Waals surface area contributed by atoms with Crippen LogP contribution in [0.1, 0.15) is 136 Å². The zero-order valence-corrected chi connectivity index (χ0v) is 36.9. The van der Waals surface area contributed by atoms with Gasteiger partial charge in [-0.1, -0.05) is 136 Å². The number of hydrogen-bond acceptors (Lipinski definition) is 7. The van der Waals surface area contributed by atoms with E-state index in [1.165, 1.54) is 25.7 Å². The Labute approximate surface area is 353 Å². The molecule has 0 bridgehead atoms. The summed E-state index contributed by atoms with van der Waals surface area (Å²) in [5, 5.41) is 11.6. The smallest absolute Gasteiger partial charge is 0.306 e. The van der Waals surface area contributed by atoms with E-state index in [0.717, 1.165) is 64.2 Å². The van der Waals surface area contributed by atoms with Crippen LogP contribution in [0.5, 0.6) is 0 Å². The third-order valence-electron chi connectivity index (χ3n) is 8.89. The van der Waals surface area contributed by atoms with E-state index >= 15 is 0 Å². The van der Waals surface area contributed by atoms with Crippen LogP contribution in [0.4, 0.5) is 0 Å². The first kappa shape index (κ1) is 54.0. The second kappa shape index (κ2) is 39.8. The number of hydrogen-bond donors (Lipinski definition) is 0. The SMILES string of the molecule is CC/C=C/C/C=C/C/C=C/C/C=C/C/C=C/CCCC(=O)OCC(COCCC(C(=O)[O-])[N+](C)(C)C)OC(=O)CCC/C=C/C/C=C/C/C=C/C/C=C/CCCCC. The van der Waals surface area contributed by atoms with Crippen molar-refractivity contribution in [3.8, 4) is 0 Å². The van der Waals surface area contributed by atoms with Gasteiger partial charge in [0.1, 0.15) is 12.6 Å². The number of esters is 2. The van der Waals surface area contributed by atoms with E-state index in [0.29, 0.717) is 12.8 Å². The summed E-state index contributed by atoms with van der Waals surface area (Å²) in [6.45, 7) is 4.37. The van der Waals surface area contributed by atoms with Crippen molar-refractivity contribution in [3.05, 3.63) is 109 Å². The average Bonchev–Trinajstić information content (AvgIpc) is 3.18. The Balaban J connectivity index is 4.57. The van der Waals surface area contributed by atoms with Gasteiger partial charge in [-0.3, -0.25) is 9.59 Å². The van der Waals surface area contributed by atoms with E-state index in [2.05, 4.69) is 123 Å². The zero-order valence-electron chi connectivity index (χ0n) is 36.9. The van der Waals surface area contributed by atoms with Gasteiger partial charge in [-0.2, -0.15) is 0 Å². The van der Waals surface area contributed by atoms with Crippen molar-refractivity contribution in [2.45, 2.75) is 148 Å². The van der Waals surface area contributed by atoms with Gasteiger partial charge < -0.3 is 28.6 Å². The highest BCUT2D eigenvalue weighted by Gasteiger charge is 2.25. The predicted octanol–water partition coefficient (Wildman–Crippen LogP) is 10.7. The van der Waals surface area contributed by atoms with E-state index in [9.17, 15) is 19.5 Å². The fourth-order valence-corrected chi connectivity index (χ4v) is 5.51. The van der Waals surface area contributed by atoms with Gasteiger partial charge in [0.05, 0.1) is 40.3 Å². The molecule has 0 aliphatic heterocycles. The van der Waals surface area contributed by atoms with Crippen LogP contribution in [0.2, 0.25) is 0 Å². The van der Waals surface area contributed by atoms with Crippen LogP contribution < -0.4 is 5.11 Å². The quantitative estimate of drug-likeness (QED) is 0.0267. The Morgan fingerprint density at radius 1 is 0.534 bits per heavy atom. The van der Waals surface area contributed by atoms with Crippen LogP contribution in [0.25, 0.3) is 0 Å². The minimum absolute atomic E-state index is 0.00681. The number of carboxylic acid groups (broad SMARTS) is 1. The summed E-state index contributed by atoms with van der Waals surface area (Å²) >= 11 is 0. The molecular weight excluding hydrogens is 727 g/mol. The van der Waals surface area contributed by atoms with E-state index in [4.69, 9.17) is 14.2 Å². The topological polar surface area (TPSA) is 102 Å². The Kier molecular flexibility index (Phi) is 37.0. The lowest BCUT2D eigenvalue weighted by molar-refractivity contribution is -0.889. The molecule has 0 saturated heterocycles. The molecule has 0 amide bonds. The molecule has 0 fully saturated rings. The standard InChI is InChI=1S/C50H79NO7/c1-6-8-10-12-14-16-18-20-22-24-26-28-30-32-34-36-38-40-48(52)57-45-46(44-56-43-42-47(50(54)55)51(3,4)5)58-49(53)41-39-37-35-33-31-29-27-25-23-21-19-17-15-13-11-9-7-2/h8,10,14-17,20-23,26-29,32-35,46-47H,6-7,9,11-13,18-19,24-25,30-31,36-45H2,1-5H3/b10-8+,16-14+,17-15+,22-20+,23-21+,28-26+,29-27+,34-32+,35-33+. The minimum Gasteiger partial charge on any atom is -0.544 e. The second-order valence-electron chi connectivity index (χ2n) is 15.2. The summed E-state index contributed by atoms with van der Waals surface area (Å²) in [7, 11) is 5.35. The number of nitrogens with zero attached hydrogens (tertiary/aromatic N) is 1. The molecule has 326 valence electrons. The van der Waals surface area contributed by atoms with Crippen LogP contribution in [-0.4, -0.2) is 75.5 Å². The van der Waals surface area contributed by atoms with Crippen molar-refractivity contribution in [2.75, 3.05) is 41.0 Å². The highest BCUT2D eigenvalue weighted by molar-refractivity contribution is 5.70. The molecule has 0 aliphatic carbocycles. The number of allylic oxidation sites excluding steroid dienone is 18. The van der Waals surface area contributed by atoms with E-state index in [1.54, 1.807) is 21.1 Å². The van der Waals surface area contributed by atoms with E-state index in [1.807, 2.05) is 0 Å². The molecule has 0 aromatic rings. The van der Waals surface area contributed by atoms with Crippen molar-refractivity contribution >= 4 is 17.9 Å². The van der Waals surface area contributed by atoms with Crippen LogP contribution in [0, 0.1) is 0 Å². The lowest BCUT2D eigenvalue weighted by atomic mass is 10.1. The molecule has 2 unspecified atom stereocenters. The van der Waals surface area contributed by atoms with Gasteiger partial charge in [0.25, 0.3) is 0 Å². The van der Waals surface area contributed by atoms with Crippen LogP contribution in [0.15, 0.2) is 109 Å². The lowest BCUT2D eigenvalue weighted by Crippen LogP contribution is -2.55. The van der Waals surface area contributed by atoms with E-state index < -0.39 is 24.1 Å². The summed E-state index contributed by atoms with van der Waals surface area (Å²) < 4.78 is 17.0. The number of carbonyl (C=O) groups is 3. The monoisotopic (exact) mass is 806 g/mol. The second-order valence-corrected chi connectivity index (χ2v) is 15.2. The molecule has 0 saturated carbocycles. The molecule has 0 aromatic carbocycles. The third-order valence-corrected chi connectivity index (χ3v) is 8.89. The van der Waals surface area contributed by atoms with Crippen molar-refractivity contribution in [3.63, 3.8) is 0 Å². The molecule has 0 rings (SSSR count). The number of unbranched alkanes of at least 4 members (excludes halogenated alkanes) is 5. The maximum Gasteiger partial charge on any atom is 0.306 e. The molecule has 58 heavy (non-hydrogen) atoms. The van der Waals surface area contributed by atoms with Crippen LogP contribution in [-0.2, 0) is 28.6 Å². The van der Waals surface area contributed by atoms with Crippen LogP contribution in [0.3, 0.4) is 0 Å². The maximum atomic E-state index is 12.7. The zero-order chi connectivity index (χ0) is 42.8. The molecule has 0 aliphatic rings. The molecule has 0 spiro atoms. The first-order chi connectivity index (χ1) is 28.1. The number of aliphatic carboxylic acids is 1. The van der Waals surface area contributed by atoms with Crippen molar-refractivity contribution < 1.29 is 38.2 Å². The molecule has 0 N–H and O–H groups in total. The largest absolute Gasteiger partial charge is 0.544 e. The molecule has 2 atom stereocenters. The normalized spacial score (nSPS) is 14.0. The fourth-order valence-electron chi connectivity index (χ4n) is 5.51. The van der Waals surface area contributed by atoms with Gasteiger partial charge >= 0.3 is 11.9 Å². The number of likely N-dealkylation sites (N-methyl/N-ethyl adjacent to an activating group) is 1. The van der Waals surface area contributed by atoms with Gasteiger partial charge in [0.15, 0.2) is 6.10 Å². The average molecular weight is 806 g/mol. The highest BCUT2D eigenvalue weighted by atomic mass is 16.6. The van der Waals surface area contributed by atoms with Gasteiger partial charge in [-0.05, 0) is 89.9 Å². The summed E-state index contributed by atoms with van der Waals surface area (Å²) in [4.78, 5) is 36.8. The van der Waals surface area contributed by atoms with Crippen molar-refractivity contribution in [1.82, 2.24) is 0 Å². The summed E-state index contributed by atoms with van der Waals surface area (Å²) in [6, 6.07) is -0.750. The Morgan fingerprint density at radius 3 is 1.36 bits per heavy atom. The van der Waals surface area contributed by atoms with E-state index in [-0.39, 0.29) is 49.5 Å². The molecule has 0 heterocycles. The van der Waals surface area contributed by atoms with Gasteiger partial charge in [-0.25, -0.2) is 0 Å². The fraction of sp³-hybridized carbons (Fsp3) is 0.580. The number of carbonyl (C=O) groups excluding carboxylic acids is 3. The first-order valence-corrected chi connectivity index (χ1v) is 21.9. The number of carboxylic acids is 1. The van der Waals surface area contributed by atoms with Crippen molar-refractivity contribution in [2.24, 2.45) is 0 Å². The summed E-state index contributed by atoms with van der Waals surface area (Å²) in [5.41, 5.74) is 0.